The number of piperidine rings is 1. The first kappa shape index (κ1) is 14.4. The molecule has 2 N–H and O–H groups in total. The highest BCUT2D eigenvalue weighted by Crippen LogP contribution is 2.36. The number of likely N-dealkylation sites (tertiary alicyclic amines) is 2. The molecule has 5 nitrogen and oxygen atoms in total. The highest BCUT2D eigenvalue weighted by Gasteiger charge is 2.36. The Morgan fingerprint density at radius 1 is 1.24 bits per heavy atom. The Morgan fingerprint density at radius 2 is 2.05 bits per heavy atom. The molecule has 2 aliphatic heterocycles. The van der Waals surface area contributed by atoms with E-state index in [-0.39, 0.29) is 17.9 Å². The summed E-state index contributed by atoms with van der Waals surface area (Å²) in [4.78, 5) is 29.0. The van der Waals surface area contributed by atoms with Gasteiger partial charge in [0.2, 0.25) is 5.91 Å². The number of rotatable bonds is 2. The fraction of sp³-hybridized carbons (Fsp3) is 0.600. The molecule has 0 spiro atoms. The van der Waals surface area contributed by atoms with Crippen molar-refractivity contribution in [3.63, 3.8) is 0 Å². The number of amides is 3. The Kier molecular flexibility index (Phi) is 4.14. The second kappa shape index (κ2) is 6.05. The van der Waals surface area contributed by atoms with Gasteiger partial charge in [-0.15, -0.1) is 11.3 Å². The molecular formula is C15H21N3O2S. The first-order valence-corrected chi connectivity index (χ1v) is 8.43. The Hall–Kier alpha value is -1.56. The lowest BCUT2D eigenvalue weighted by Gasteiger charge is -2.34. The van der Waals surface area contributed by atoms with Crippen molar-refractivity contribution in [3.8, 4) is 0 Å². The van der Waals surface area contributed by atoms with Crippen LogP contribution in [-0.2, 0) is 4.79 Å². The fourth-order valence-corrected chi connectivity index (χ4v) is 4.29. The van der Waals surface area contributed by atoms with Crippen molar-refractivity contribution in [1.82, 2.24) is 9.80 Å². The second-order valence-electron chi connectivity index (χ2n) is 5.83. The number of carbonyl (C=O) groups is 2. The molecule has 3 rings (SSSR count). The van der Waals surface area contributed by atoms with Crippen LogP contribution in [0.4, 0.5) is 4.79 Å². The molecule has 2 atom stereocenters. The zero-order chi connectivity index (χ0) is 14.8. The van der Waals surface area contributed by atoms with Crippen molar-refractivity contribution in [2.75, 3.05) is 19.6 Å². The molecule has 3 heterocycles. The van der Waals surface area contributed by atoms with Gasteiger partial charge >= 0.3 is 6.03 Å². The summed E-state index contributed by atoms with van der Waals surface area (Å²) in [5.74, 6) is 0.101. The normalized spacial score (nSPS) is 26.1. The van der Waals surface area contributed by atoms with Crippen molar-refractivity contribution in [2.45, 2.75) is 31.7 Å². The number of thiophene rings is 1. The van der Waals surface area contributed by atoms with Crippen LogP contribution in [0, 0.1) is 5.92 Å². The zero-order valence-corrected chi connectivity index (χ0v) is 12.8. The lowest BCUT2D eigenvalue weighted by molar-refractivity contribution is -0.137. The molecule has 0 aromatic carbocycles. The van der Waals surface area contributed by atoms with Crippen LogP contribution >= 0.6 is 11.3 Å². The number of primary amides is 1. The fourth-order valence-electron chi connectivity index (χ4n) is 3.42. The molecule has 21 heavy (non-hydrogen) atoms. The van der Waals surface area contributed by atoms with E-state index >= 15 is 0 Å². The van der Waals surface area contributed by atoms with Crippen molar-refractivity contribution in [3.05, 3.63) is 22.4 Å². The number of urea groups is 1. The highest BCUT2D eigenvalue weighted by atomic mass is 32.1. The summed E-state index contributed by atoms with van der Waals surface area (Å²) in [6.45, 7) is 1.98. The van der Waals surface area contributed by atoms with Gasteiger partial charge in [-0.05, 0) is 37.1 Å². The molecule has 2 saturated heterocycles. The summed E-state index contributed by atoms with van der Waals surface area (Å²) in [5, 5.41) is 2.06. The summed E-state index contributed by atoms with van der Waals surface area (Å²) in [5.41, 5.74) is 5.35. The first-order chi connectivity index (χ1) is 10.2. The van der Waals surface area contributed by atoms with Crippen LogP contribution in [0.2, 0.25) is 0 Å². The molecule has 1 aromatic rings. The Morgan fingerprint density at radius 3 is 2.76 bits per heavy atom. The summed E-state index contributed by atoms with van der Waals surface area (Å²) >= 11 is 1.72. The molecule has 2 fully saturated rings. The average Bonchev–Trinajstić information content (AvgIpc) is 3.17. The van der Waals surface area contributed by atoms with Gasteiger partial charge in [-0.2, -0.15) is 0 Å². The molecule has 0 bridgehead atoms. The van der Waals surface area contributed by atoms with Gasteiger partial charge in [-0.3, -0.25) is 4.79 Å². The highest BCUT2D eigenvalue weighted by molar-refractivity contribution is 7.10. The van der Waals surface area contributed by atoms with Crippen LogP contribution in [-0.4, -0.2) is 41.4 Å². The van der Waals surface area contributed by atoms with Gasteiger partial charge in [0.25, 0.3) is 0 Å². The van der Waals surface area contributed by atoms with E-state index in [1.54, 1.807) is 16.2 Å². The van der Waals surface area contributed by atoms with Crippen molar-refractivity contribution >= 4 is 23.3 Å². The van der Waals surface area contributed by atoms with Gasteiger partial charge in [0, 0.05) is 24.5 Å². The molecule has 2 aliphatic rings. The zero-order valence-electron chi connectivity index (χ0n) is 12.0. The third kappa shape index (κ3) is 2.90. The standard InChI is InChI=1S/C15H21N3O2S/c16-15(20)17-7-1-4-11(10-17)14(19)18-8-2-5-12(18)13-6-3-9-21-13/h3,6,9,11-12H,1-2,4-5,7-8,10H2,(H2,16,20)/t11-,12-/m0/s1. The number of hydrogen-bond donors (Lipinski definition) is 1. The van der Waals surface area contributed by atoms with Crippen molar-refractivity contribution < 1.29 is 9.59 Å². The molecule has 0 radical (unpaired) electrons. The Bertz CT molecular complexity index is 517. The van der Waals surface area contributed by atoms with Crippen LogP contribution in [0.15, 0.2) is 17.5 Å². The predicted molar refractivity (Wildman–Crippen MR) is 81.9 cm³/mol. The molecule has 1 aromatic heterocycles. The van der Waals surface area contributed by atoms with Gasteiger partial charge in [-0.25, -0.2) is 4.79 Å². The second-order valence-corrected chi connectivity index (χ2v) is 6.81. The number of nitrogens with two attached hydrogens (primary N) is 1. The third-order valence-electron chi connectivity index (χ3n) is 4.49. The summed E-state index contributed by atoms with van der Waals surface area (Å²) in [7, 11) is 0. The van der Waals surface area contributed by atoms with E-state index in [0.717, 1.165) is 32.2 Å². The largest absolute Gasteiger partial charge is 0.351 e. The molecule has 3 amide bonds. The van der Waals surface area contributed by atoms with E-state index in [1.807, 2.05) is 11.0 Å². The van der Waals surface area contributed by atoms with Crippen molar-refractivity contribution in [2.24, 2.45) is 11.7 Å². The van der Waals surface area contributed by atoms with E-state index in [1.165, 1.54) is 4.88 Å². The van der Waals surface area contributed by atoms with E-state index in [0.29, 0.717) is 13.1 Å². The monoisotopic (exact) mass is 307 g/mol. The van der Waals surface area contributed by atoms with E-state index < -0.39 is 6.03 Å². The maximum atomic E-state index is 12.8. The minimum atomic E-state index is -0.413. The van der Waals surface area contributed by atoms with Gasteiger partial charge in [-0.1, -0.05) is 6.07 Å². The molecule has 6 heteroatoms. The van der Waals surface area contributed by atoms with E-state index in [9.17, 15) is 9.59 Å². The number of carbonyl (C=O) groups excluding carboxylic acids is 2. The number of hydrogen-bond acceptors (Lipinski definition) is 3. The van der Waals surface area contributed by atoms with Crippen LogP contribution in [0.3, 0.4) is 0 Å². The van der Waals surface area contributed by atoms with Gasteiger partial charge in [0.15, 0.2) is 0 Å². The first-order valence-electron chi connectivity index (χ1n) is 7.55. The van der Waals surface area contributed by atoms with Gasteiger partial charge in [0.05, 0.1) is 12.0 Å². The van der Waals surface area contributed by atoms with Gasteiger partial charge in [0.1, 0.15) is 0 Å². The lowest BCUT2D eigenvalue weighted by atomic mass is 9.96. The maximum absolute atomic E-state index is 12.8. The Balaban J connectivity index is 1.70. The maximum Gasteiger partial charge on any atom is 0.314 e. The smallest absolute Gasteiger partial charge is 0.314 e. The summed E-state index contributed by atoms with van der Waals surface area (Å²) in [6.07, 6.45) is 3.81. The quantitative estimate of drug-likeness (QED) is 0.910. The van der Waals surface area contributed by atoms with Gasteiger partial charge < -0.3 is 15.5 Å². The molecule has 0 unspecified atom stereocenters. The van der Waals surface area contributed by atoms with Crippen LogP contribution < -0.4 is 5.73 Å². The lowest BCUT2D eigenvalue weighted by Crippen LogP contribution is -2.48. The molecule has 114 valence electrons. The minimum absolute atomic E-state index is 0.0909. The van der Waals surface area contributed by atoms with Crippen molar-refractivity contribution in [1.29, 1.82) is 0 Å². The molecule has 0 aliphatic carbocycles. The van der Waals surface area contributed by atoms with Crippen LogP contribution in [0.25, 0.3) is 0 Å². The Labute approximate surface area is 128 Å². The SMILES string of the molecule is NC(=O)N1CCC[C@H](C(=O)N2CCC[C@H]2c2cccs2)C1. The predicted octanol–water partition coefficient (Wildman–Crippen LogP) is 2.20. The summed E-state index contributed by atoms with van der Waals surface area (Å²) in [6, 6.07) is 3.96. The summed E-state index contributed by atoms with van der Waals surface area (Å²) < 4.78 is 0. The average molecular weight is 307 g/mol. The third-order valence-corrected chi connectivity index (χ3v) is 5.46. The van der Waals surface area contributed by atoms with Crippen LogP contribution in [0.5, 0.6) is 0 Å². The van der Waals surface area contributed by atoms with E-state index in [4.69, 9.17) is 5.73 Å². The number of nitrogens with zero attached hydrogens (tertiary/aromatic N) is 2. The van der Waals surface area contributed by atoms with E-state index in [2.05, 4.69) is 11.4 Å². The molecule has 0 saturated carbocycles. The molecular weight excluding hydrogens is 286 g/mol. The van der Waals surface area contributed by atoms with Crippen LogP contribution in [0.1, 0.15) is 36.6 Å². The minimum Gasteiger partial charge on any atom is -0.351 e. The topological polar surface area (TPSA) is 66.6 Å².